The lowest BCUT2D eigenvalue weighted by Gasteiger charge is -2.58. The van der Waals surface area contributed by atoms with Gasteiger partial charge in [-0.25, -0.2) is 0 Å². The number of ether oxygens (including phenoxy) is 2. The Morgan fingerprint density at radius 2 is 1.71 bits per heavy atom. The zero-order valence-corrected chi connectivity index (χ0v) is 26.7. The van der Waals surface area contributed by atoms with Crippen LogP contribution in [0.4, 0.5) is 0 Å². The molecular weight excluding hydrogens is 516 g/mol. The van der Waals surface area contributed by atoms with Crippen LogP contribution in [0.15, 0.2) is 11.6 Å². The van der Waals surface area contributed by atoms with Crippen LogP contribution in [0.5, 0.6) is 0 Å². The minimum absolute atomic E-state index is 0.101. The normalized spacial score (nSPS) is 47.7. The first kappa shape index (κ1) is 31.9. The fraction of sp³-hybridized carbons (Fsp3) is 0.943. The van der Waals surface area contributed by atoms with Crippen LogP contribution in [0, 0.1) is 52.3 Å². The van der Waals surface area contributed by atoms with Gasteiger partial charge in [-0.1, -0.05) is 66.0 Å². The summed E-state index contributed by atoms with van der Waals surface area (Å²) < 4.78 is 11.9. The van der Waals surface area contributed by atoms with E-state index in [-0.39, 0.29) is 11.5 Å². The van der Waals surface area contributed by atoms with Gasteiger partial charge in [0.15, 0.2) is 6.29 Å². The maximum absolute atomic E-state index is 10.5. The lowest BCUT2D eigenvalue weighted by atomic mass is 9.47. The van der Waals surface area contributed by atoms with Crippen molar-refractivity contribution in [1.82, 2.24) is 0 Å². The highest BCUT2D eigenvalue weighted by molar-refractivity contribution is 5.25. The summed E-state index contributed by atoms with van der Waals surface area (Å²) in [7, 11) is 0. The Balaban J connectivity index is 1.24. The minimum atomic E-state index is -1.40. The van der Waals surface area contributed by atoms with Crippen LogP contribution < -0.4 is 0 Å². The second-order valence-electron chi connectivity index (χ2n) is 15.7. The fourth-order valence-electron chi connectivity index (χ4n) is 10.8. The smallest absolute Gasteiger partial charge is 0.186 e. The summed E-state index contributed by atoms with van der Waals surface area (Å²) in [6.45, 7) is 14.5. The predicted molar refractivity (Wildman–Crippen MR) is 161 cm³/mol. The van der Waals surface area contributed by atoms with Crippen molar-refractivity contribution in [2.24, 2.45) is 52.3 Å². The topological polar surface area (TPSA) is 99.4 Å². The van der Waals surface area contributed by atoms with Gasteiger partial charge in [0.05, 0.1) is 12.7 Å². The molecule has 1 saturated heterocycles. The van der Waals surface area contributed by atoms with Crippen LogP contribution in [0.25, 0.3) is 0 Å². The lowest BCUT2D eigenvalue weighted by molar-refractivity contribution is -0.313. The van der Waals surface area contributed by atoms with E-state index in [4.69, 9.17) is 9.47 Å². The highest BCUT2D eigenvalue weighted by atomic mass is 16.7. The standard InChI is InChI=1S/C35H60O6/c1-7-22(20(2)3)9-8-21(4)26-12-13-27-25-11-10-23-18-24(14-16-34(23,5)28(25)15-17-35(26,27)6)40-33-32(39)31(38)30(37)29(19-36)41-33/h10,20-22,24-33,36-39H,7-9,11-19H2,1-6H3/t21-,22-,24?,25-,26?,27-,28-,29-,30-,31+,32-,33-,34+,35+/m1/s1. The fourth-order valence-corrected chi connectivity index (χ4v) is 10.8. The summed E-state index contributed by atoms with van der Waals surface area (Å²) in [6.07, 6.45) is 9.92. The number of allylic oxidation sites excluding steroid dienone is 1. The summed E-state index contributed by atoms with van der Waals surface area (Å²) in [5.74, 6) is 5.66. The van der Waals surface area contributed by atoms with Gasteiger partial charge in [0.2, 0.25) is 0 Å². The van der Waals surface area contributed by atoms with E-state index < -0.39 is 37.3 Å². The number of aliphatic hydroxyl groups is 4. The number of aliphatic hydroxyl groups excluding tert-OH is 4. The number of hydrogen-bond acceptors (Lipinski definition) is 6. The van der Waals surface area contributed by atoms with Gasteiger partial charge in [-0.3, -0.25) is 0 Å². The van der Waals surface area contributed by atoms with E-state index in [1.54, 1.807) is 0 Å². The number of rotatable bonds is 9. The van der Waals surface area contributed by atoms with E-state index >= 15 is 0 Å². The summed E-state index contributed by atoms with van der Waals surface area (Å²) in [5.41, 5.74) is 2.19. The van der Waals surface area contributed by atoms with Crippen molar-refractivity contribution >= 4 is 0 Å². The second kappa shape index (κ2) is 12.5. The molecule has 14 atom stereocenters. The molecule has 4 fully saturated rings. The molecule has 0 spiro atoms. The number of fused-ring (bicyclic) bond motifs is 5. The molecule has 2 unspecified atom stereocenters. The van der Waals surface area contributed by atoms with E-state index in [0.29, 0.717) is 5.41 Å². The molecule has 4 aliphatic carbocycles. The molecule has 0 radical (unpaired) electrons. The van der Waals surface area contributed by atoms with Gasteiger partial charge in [0.1, 0.15) is 24.4 Å². The van der Waals surface area contributed by atoms with Crippen molar-refractivity contribution in [3.8, 4) is 0 Å². The van der Waals surface area contributed by atoms with Crippen molar-refractivity contribution in [3.63, 3.8) is 0 Å². The van der Waals surface area contributed by atoms with Crippen LogP contribution in [-0.2, 0) is 9.47 Å². The van der Waals surface area contributed by atoms with Crippen LogP contribution in [0.2, 0.25) is 0 Å². The Morgan fingerprint density at radius 3 is 2.39 bits per heavy atom. The van der Waals surface area contributed by atoms with Gasteiger partial charge in [-0.2, -0.15) is 0 Å². The Bertz CT molecular complexity index is 918. The van der Waals surface area contributed by atoms with E-state index in [1.807, 2.05) is 0 Å². The second-order valence-corrected chi connectivity index (χ2v) is 15.7. The summed E-state index contributed by atoms with van der Waals surface area (Å²) in [6, 6.07) is 0. The summed E-state index contributed by atoms with van der Waals surface area (Å²) in [4.78, 5) is 0. The third-order valence-corrected chi connectivity index (χ3v) is 13.5. The molecule has 3 saturated carbocycles. The van der Waals surface area contributed by atoms with Crippen LogP contribution >= 0.6 is 0 Å². The van der Waals surface area contributed by atoms with E-state index in [2.05, 4.69) is 47.6 Å². The van der Waals surface area contributed by atoms with Crippen molar-refractivity contribution in [2.75, 3.05) is 6.61 Å². The quantitative estimate of drug-likeness (QED) is 0.257. The minimum Gasteiger partial charge on any atom is -0.394 e. The number of hydrogen-bond donors (Lipinski definition) is 4. The van der Waals surface area contributed by atoms with Crippen LogP contribution in [0.3, 0.4) is 0 Å². The molecule has 0 bridgehead atoms. The first-order chi connectivity index (χ1) is 19.4. The van der Waals surface area contributed by atoms with Crippen molar-refractivity contribution in [1.29, 1.82) is 0 Å². The molecule has 0 aromatic rings. The molecule has 0 aromatic heterocycles. The molecule has 5 aliphatic rings. The first-order valence-corrected chi connectivity index (χ1v) is 17.1. The third-order valence-electron chi connectivity index (χ3n) is 13.5. The lowest BCUT2D eigenvalue weighted by Crippen LogP contribution is -2.60. The molecule has 5 rings (SSSR count). The molecule has 1 heterocycles. The van der Waals surface area contributed by atoms with E-state index in [1.165, 1.54) is 56.9 Å². The van der Waals surface area contributed by atoms with Gasteiger partial charge in [0.25, 0.3) is 0 Å². The largest absolute Gasteiger partial charge is 0.394 e. The van der Waals surface area contributed by atoms with Gasteiger partial charge in [-0.05, 0) is 110 Å². The molecule has 0 aromatic carbocycles. The average molecular weight is 577 g/mol. The Kier molecular flexibility index (Phi) is 9.71. The SMILES string of the molecule is CC[C@H](CC[C@@H](C)C1CC[C@@H]2[C@H]3CC=C4CC(O[C@@H]5O[C@H](CO)[C@@H](O)[C@H](O)[C@H]5O)CC[C@]4(C)[C@@H]3CC[C@@]12C)C(C)C. The molecule has 1 aliphatic heterocycles. The van der Waals surface area contributed by atoms with Crippen molar-refractivity contribution < 1.29 is 29.9 Å². The highest BCUT2D eigenvalue weighted by Gasteiger charge is 2.59. The molecule has 4 N–H and O–H groups in total. The van der Waals surface area contributed by atoms with Crippen molar-refractivity contribution in [3.05, 3.63) is 11.6 Å². The highest BCUT2D eigenvalue weighted by Crippen LogP contribution is 2.67. The van der Waals surface area contributed by atoms with E-state index in [9.17, 15) is 20.4 Å². The molecule has 236 valence electrons. The molecule has 6 nitrogen and oxygen atoms in total. The Morgan fingerprint density at radius 1 is 0.951 bits per heavy atom. The van der Waals surface area contributed by atoms with Gasteiger partial charge >= 0.3 is 0 Å². The van der Waals surface area contributed by atoms with Gasteiger partial charge in [-0.15, -0.1) is 0 Å². The third kappa shape index (κ3) is 5.73. The molecule has 41 heavy (non-hydrogen) atoms. The monoisotopic (exact) mass is 576 g/mol. The molecule has 0 amide bonds. The maximum atomic E-state index is 10.5. The Hall–Kier alpha value is -0.500. The summed E-state index contributed by atoms with van der Waals surface area (Å²) >= 11 is 0. The van der Waals surface area contributed by atoms with Crippen LogP contribution in [0.1, 0.15) is 112 Å². The Labute approximate surface area is 249 Å². The maximum Gasteiger partial charge on any atom is 0.186 e. The average Bonchev–Trinajstić information content (AvgIpc) is 3.30. The van der Waals surface area contributed by atoms with Crippen molar-refractivity contribution in [2.45, 2.75) is 149 Å². The van der Waals surface area contributed by atoms with E-state index in [0.717, 1.165) is 60.7 Å². The van der Waals surface area contributed by atoms with Gasteiger partial charge in [0, 0.05) is 0 Å². The predicted octanol–water partition coefficient (Wildman–Crippen LogP) is 5.85. The van der Waals surface area contributed by atoms with Gasteiger partial charge < -0.3 is 29.9 Å². The molecular formula is C35H60O6. The zero-order chi connectivity index (χ0) is 29.7. The first-order valence-electron chi connectivity index (χ1n) is 17.1. The molecule has 6 heteroatoms. The zero-order valence-electron chi connectivity index (χ0n) is 26.7. The summed E-state index contributed by atoms with van der Waals surface area (Å²) in [5, 5.41) is 40.4. The van der Waals surface area contributed by atoms with Crippen LogP contribution in [-0.4, -0.2) is 63.8 Å².